The molecule has 9 heteroatoms. The van der Waals surface area contributed by atoms with E-state index in [9.17, 15) is 0 Å². The highest BCUT2D eigenvalue weighted by molar-refractivity contribution is 7.67. The zero-order valence-electron chi connectivity index (χ0n) is 23.5. The van der Waals surface area contributed by atoms with Gasteiger partial charge in [0.2, 0.25) is 0 Å². The van der Waals surface area contributed by atoms with Gasteiger partial charge in [-0.05, 0) is 31.8 Å². The fraction of sp³-hybridized carbons (Fsp3) is 0.652. The summed E-state index contributed by atoms with van der Waals surface area (Å²) in [6.07, 6.45) is 1.98. The molecule has 0 saturated heterocycles. The van der Waals surface area contributed by atoms with Crippen molar-refractivity contribution in [1.82, 2.24) is 0 Å². The maximum atomic E-state index is 7.24. The van der Waals surface area contributed by atoms with Gasteiger partial charge in [0.25, 0.3) is 0 Å². The van der Waals surface area contributed by atoms with Crippen LogP contribution in [0.5, 0.6) is 0 Å². The number of hydrogen-bond donors (Lipinski definition) is 0. The van der Waals surface area contributed by atoms with Crippen LogP contribution >= 0.6 is 0 Å². The topological polar surface area (TPSA) is 18.5 Å². The number of hydrogen-bond acceptors (Lipinski definition) is 2. The van der Waals surface area contributed by atoms with Crippen molar-refractivity contribution in [3.8, 4) is 0 Å². The third kappa shape index (κ3) is 6.54. The molecular formula is C23H50O2Si7. The third-order valence-corrected chi connectivity index (χ3v) is 91.5. The average Bonchev–Trinajstić information content (AvgIpc) is 2.59. The van der Waals surface area contributed by atoms with E-state index in [2.05, 4.69) is 123 Å². The lowest BCUT2D eigenvalue weighted by Crippen LogP contribution is -2.74. The van der Waals surface area contributed by atoms with Gasteiger partial charge >= 0.3 is 0 Å². The van der Waals surface area contributed by atoms with E-state index in [1.54, 1.807) is 0 Å². The molecule has 0 aliphatic heterocycles. The van der Waals surface area contributed by atoms with E-state index in [0.717, 1.165) is 0 Å². The molecule has 2 nitrogen and oxygen atoms in total. The van der Waals surface area contributed by atoms with Crippen LogP contribution in [0.1, 0.15) is 5.56 Å². The molecule has 0 aromatic heterocycles. The van der Waals surface area contributed by atoms with Gasteiger partial charge in [0.1, 0.15) is 5.91 Å². The Bertz CT molecular complexity index is 750. The van der Waals surface area contributed by atoms with Crippen LogP contribution < -0.4 is 5.19 Å². The molecule has 0 bridgehead atoms. The lowest BCUT2D eigenvalue weighted by molar-refractivity contribution is 0.0675. The summed E-state index contributed by atoms with van der Waals surface area (Å²) in [4.78, 5) is 0. The first kappa shape index (κ1) is 30.4. The van der Waals surface area contributed by atoms with Gasteiger partial charge in [-0.3, -0.25) is 0 Å². The van der Waals surface area contributed by atoms with Crippen LogP contribution in [0.4, 0.5) is 0 Å². The Balaban J connectivity index is 3.44. The molecule has 0 fully saturated rings. The maximum Gasteiger partial charge on any atom is 0.174 e. The first-order valence-corrected chi connectivity index (χ1v) is 35.8. The minimum Gasteiger partial charge on any atom is -0.400 e. The summed E-state index contributed by atoms with van der Waals surface area (Å²) in [5.41, 5.74) is 1.21. The van der Waals surface area contributed by atoms with Crippen LogP contribution in [-0.4, -0.2) is 60.5 Å². The van der Waals surface area contributed by atoms with Gasteiger partial charge < -0.3 is 8.85 Å². The van der Waals surface area contributed by atoms with Crippen LogP contribution in [0, 0.1) is 0 Å². The fourth-order valence-corrected chi connectivity index (χ4v) is 59.7. The molecule has 1 rings (SSSR count). The first-order chi connectivity index (χ1) is 14.1. The van der Waals surface area contributed by atoms with Crippen molar-refractivity contribution in [3.63, 3.8) is 0 Å². The molecule has 2 radical (unpaired) electrons. The Hall–Kier alpha value is 0.398. The first-order valence-electron chi connectivity index (χ1n) is 11.9. The Morgan fingerprint density at radius 2 is 1.06 bits per heavy atom. The highest BCUT2D eigenvalue weighted by Crippen LogP contribution is 2.34. The quantitative estimate of drug-likeness (QED) is 0.221. The second-order valence-electron chi connectivity index (χ2n) is 13.3. The molecule has 0 heterocycles. The smallest absolute Gasteiger partial charge is 0.174 e. The summed E-state index contributed by atoms with van der Waals surface area (Å²) in [5.74, 6) is -0.120. The van der Waals surface area contributed by atoms with Crippen molar-refractivity contribution in [2.75, 3.05) is 0 Å². The summed E-state index contributed by atoms with van der Waals surface area (Å²) in [5, 5.41) is 1.32. The Morgan fingerprint density at radius 1 is 0.688 bits per heavy atom. The molecule has 1 aromatic carbocycles. The van der Waals surface area contributed by atoms with Crippen LogP contribution in [0.3, 0.4) is 0 Å². The largest absolute Gasteiger partial charge is 0.400 e. The van der Waals surface area contributed by atoms with Gasteiger partial charge in [0, 0.05) is 15.2 Å². The zero-order chi connectivity index (χ0) is 25.4. The van der Waals surface area contributed by atoms with Gasteiger partial charge in [-0.1, -0.05) is 108 Å². The van der Waals surface area contributed by atoms with Crippen molar-refractivity contribution in [3.05, 3.63) is 36.4 Å². The van der Waals surface area contributed by atoms with Crippen molar-refractivity contribution in [1.29, 1.82) is 0 Å². The standard InChI is InChI=1S/C23H50O2Si7/c1-16-21-19-17-18-20-22(21)26-23(24-29(8,9)31(12,13)27(2,3)4)25-30(10,11)32(14,15)28(5,6)7/h16-20,23H,1H2,2-15H3. The van der Waals surface area contributed by atoms with Gasteiger partial charge in [-0.15, -0.1) is 0 Å². The molecule has 0 aliphatic carbocycles. The van der Waals surface area contributed by atoms with Crippen LogP contribution in [0.15, 0.2) is 30.8 Å². The lowest BCUT2D eigenvalue weighted by atomic mass is 10.2. The maximum absolute atomic E-state index is 7.24. The Morgan fingerprint density at radius 3 is 1.41 bits per heavy atom. The minimum absolute atomic E-state index is 0.120. The highest BCUT2D eigenvalue weighted by Gasteiger charge is 2.55. The van der Waals surface area contributed by atoms with Crippen LogP contribution in [0.25, 0.3) is 6.08 Å². The second-order valence-corrected chi connectivity index (χ2v) is 70.8. The predicted octanol–water partition coefficient (Wildman–Crippen LogP) is 6.79. The normalized spacial score (nSPS) is 14.7. The molecule has 0 amide bonds. The molecule has 32 heavy (non-hydrogen) atoms. The van der Waals surface area contributed by atoms with E-state index in [-0.39, 0.29) is 5.91 Å². The average molecular weight is 555 g/mol. The zero-order valence-corrected chi connectivity index (χ0v) is 30.5. The molecule has 0 unspecified atom stereocenters. The van der Waals surface area contributed by atoms with Crippen LogP contribution in [-0.2, 0) is 8.85 Å². The Labute approximate surface area is 207 Å². The SMILES string of the molecule is C=Cc1ccccc1[Si]C(O[Si](C)(C)[Si](C)(C)[Si](C)(C)C)O[Si](C)(C)[Si](C)(C)[Si](C)(C)C. The molecule has 0 saturated carbocycles. The van der Waals surface area contributed by atoms with Gasteiger partial charge in [0.15, 0.2) is 25.2 Å². The molecule has 182 valence electrons. The minimum atomic E-state index is -1.91. The van der Waals surface area contributed by atoms with E-state index in [0.29, 0.717) is 9.52 Å². The number of benzene rings is 1. The van der Waals surface area contributed by atoms with E-state index in [1.807, 2.05) is 6.08 Å². The third-order valence-electron chi connectivity index (χ3n) is 9.02. The van der Waals surface area contributed by atoms with Crippen molar-refractivity contribution >= 4 is 65.9 Å². The molecule has 0 aliphatic rings. The van der Waals surface area contributed by atoms with Crippen molar-refractivity contribution in [2.24, 2.45) is 0 Å². The van der Waals surface area contributed by atoms with E-state index in [4.69, 9.17) is 8.85 Å². The van der Waals surface area contributed by atoms with Crippen molar-refractivity contribution in [2.45, 2.75) is 97.6 Å². The summed E-state index contributed by atoms with van der Waals surface area (Å²) in [6, 6.07) is 8.64. The lowest BCUT2D eigenvalue weighted by Gasteiger charge is -2.50. The molecule has 0 N–H and O–H groups in total. The molecule has 1 aromatic rings. The van der Waals surface area contributed by atoms with Crippen LogP contribution in [0.2, 0.25) is 91.7 Å². The van der Waals surface area contributed by atoms with Gasteiger partial charge in [0.05, 0.1) is 14.2 Å². The Kier molecular flexibility index (Phi) is 9.68. The summed E-state index contributed by atoms with van der Waals surface area (Å²) in [7, 11) is -8.89. The van der Waals surface area contributed by atoms with Crippen molar-refractivity contribution < 1.29 is 8.85 Å². The van der Waals surface area contributed by atoms with Gasteiger partial charge in [-0.2, -0.15) is 0 Å². The summed E-state index contributed by atoms with van der Waals surface area (Å²) >= 11 is 0. The summed E-state index contributed by atoms with van der Waals surface area (Å²) < 4.78 is 14.5. The second kappa shape index (κ2) is 10.2. The van der Waals surface area contributed by atoms with Gasteiger partial charge in [-0.25, -0.2) is 0 Å². The van der Waals surface area contributed by atoms with E-state index >= 15 is 0 Å². The molecule has 0 atom stereocenters. The predicted molar refractivity (Wildman–Crippen MR) is 164 cm³/mol. The summed E-state index contributed by atoms with van der Waals surface area (Å²) in [6.45, 7) is 39.6. The monoisotopic (exact) mass is 554 g/mol. The fourth-order valence-electron chi connectivity index (χ4n) is 3.65. The van der Waals surface area contributed by atoms with E-state index in [1.165, 1.54) is 10.8 Å². The number of rotatable bonds is 11. The van der Waals surface area contributed by atoms with E-state index < -0.39 is 45.1 Å². The molecule has 0 spiro atoms. The molecular weight excluding hydrogens is 505 g/mol. The highest BCUT2D eigenvalue weighted by atomic mass is 29.7.